The van der Waals surface area contributed by atoms with Crippen molar-refractivity contribution in [1.29, 1.82) is 5.26 Å². The van der Waals surface area contributed by atoms with Crippen molar-refractivity contribution in [2.45, 2.75) is 32.2 Å². The van der Waals surface area contributed by atoms with Gasteiger partial charge in [-0.2, -0.15) is 5.26 Å². The Morgan fingerprint density at radius 1 is 1.36 bits per heavy atom. The number of nitriles is 1. The summed E-state index contributed by atoms with van der Waals surface area (Å²) in [6, 6.07) is 10.7. The van der Waals surface area contributed by atoms with E-state index in [0.717, 1.165) is 17.5 Å². The number of fused-ring (bicyclic) bond motifs is 1. The molecule has 1 aromatic carbocycles. The summed E-state index contributed by atoms with van der Waals surface area (Å²) in [7, 11) is 0. The number of pyridine rings is 1. The first-order valence-corrected chi connectivity index (χ1v) is 6.99. The van der Waals surface area contributed by atoms with E-state index in [1.165, 1.54) is 12.3 Å². The van der Waals surface area contributed by atoms with Crippen LogP contribution < -0.4 is 4.74 Å². The molecule has 0 saturated heterocycles. The first-order valence-electron chi connectivity index (χ1n) is 6.99. The zero-order chi connectivity index (χ0) is 15.7. The average molecular weight is 296 g/mol. The molecule has 1 aliphatic heterocycles. The average Bonchev–Trinajstić information content (AvgIpc) is 2.46. The van der Waals surface area contributed by atoms with Crippen LogP contribution in [0.4, 0.5) is 0 Å². The third-order valence-corrected chi connectivity index (χ3v) is 3.53. The Morgan fingerprint density at radius 2 is 2.18 bits per heavy atom. The predicted octanol–water partition coefficient (Wildman–Crippen LogP) is 3.09. The Labute approximate surface area is 128 Å². The van der Waals surface area contributed by atoms with Gasteiger partial charge < -0.3 is 14.6 Å². The normalized spacial score (nSPS) is 19.0. The summed E-state index contributed by atoms with van der Waals surface area (Å²) in [4.78, 5) is 3.72. The fraction of sp³-hybridized carbons (Fsp3) is 0.294. The number of hydrogen-bond donors (Lipinski definition) is 1. The fourth-order valence-electron chi connectivity index (χ4n) is 2.58. The van der Waals surface area contributed by atoms with Gasteiger partial charge in [-0.1, -0.05) is 6.07 Å². The lowest BCUT2D eigenvalue weighted by Gasteiger charge is -2.37. The summed E-state index contributed by atoms with van der Waals surface area (Å²) in [6.45, 7) is 3.99. The van der Waals surface area contributed by atoms with Crippen molar-refractivity contribution in [2.75, 3.05) is 0 Å². The zero-order valence-electron chi connectivity index (χ0n) is 12.4. The standard InChI is InChI=1S/C17H16N2O3/c1-17(2)9-12-4-3-11(10-18)7-14(12)16(22-17)21-13-5-6-19-15(20)8-13/h3-8,16H,9H2,1-2H3,(H,19,20). The van der Waals surface area contributed by atoms with Crippen LogP contribution in [0, 0.1) is 11.3 Å². The van der Waals surface area contributed by atoms with E-state index in [0.29, 0.717) is 11.3 Å². The Morgan fingerprint density at radius 3 is 2.91 bits per heavy atom. The van der Waals surface area contributed by atoms with Crippen molar-refractivity contribution in [1.82, 2.24) is 4.98 Å². The molecule has 5 nitrogen and oxygen atoms in total. The number of ether oxygens (including phenoxy) is 2. The first kappa shape index (κ1) is 14.4. The van der Waals surface area contributed by atoms with Crippen molar-refractivity contribution < 1.29 is 14.6 Å². The van der Waals surface area contributed by atoms with Gasteiger partial charge in [-0.15, -0.1) is 0 Å². The summed E-state index contributed by atoms with van der Waals surface area (Å²) in [5.74, 6) is 0.349. The largest absolute Gasteiger partial charge is 0.493 e. The van der Waals surface area contributed by atoms with Gasteiger partial charge in [-0.3, -0.25) is 0 Å². The molecule has 1 aromatic heterocycles. The summed E-state index contributed by atoms with van der Waals surface area (Å²) in [5.41, 5.74) is 2.13. The van der Waals surface area contributed by atoms with Gasteiger partial charge in [0.2, 0.25) is 12.2 Å². The van der Waals surface area contributed by atoms with Gasteiger partial charge in [0, 0.05) is 24.2 Å². The summed E-state index contributed by atoms with van der Waals surface area (Å²) in [6.07, 6.45) is 1.58. The van der Waals surface area contributed by atoms with E-state index in [1.807, 2.05) is 19.9 Å². The third kappa shape index (κ3) is 2.87. The van der Waals surface area contributed by atoms with Crippen molar-refractivity contribution in [3.05, 3.63) is 53.2 Å². The van der Waals surface area contributed by atoms with E-state index >= 15 is 0 Å². The number of benzene rings is 1. The Hall–Kier alpha value is -2.58. The number of rotatable bonds is 2. The van der Waals surface area contributed by atoms with Crippen molar-refractivity contribution in [3.8, 4) is 17.7 Å². The highest BCUT2D eigenvalue weighted by atomic mass is 16.7. The lowest BCUT2D eigenvalue weighted by molar-refractivity contribution is -0.172. The maximum atomic E-state index is 9.45. The quantitative estimate of drug-likeness (QED) is 0.921. The van der Waals surface area contributed by atoms with Crippen LogP contribution in [0.2, 0.25) is 0 Å². The maximum absolute atomic E-state index is 9.45. The van der Waals surface area contributed by atoms with Gasteiger partial charge in [-0.05, 0) is 37.6 Å². The van der Waals surface area contributed by atoms with E-state index in [9.17, 15) is 5.11 Å². The Balaban J connectivity index is 1.98. The lowest BCUT2D eigenvalue weighted by atomic mass is 9.90. The molecule has 2 heterocycles. The molecule has 112 valence electrons. The topological polar surface area (TPSA) is 75.4 Å². The van der Waals surface area contributed by atoms with E-state index < -0.39 is 6.29 Å². The predicted molar refractivity (Wildman–Crippen MR) is 79.3 cm³/mol. The van der Waals surface area contributed by atoms with Crippen LogP contribution in [0.3, 0.4) is 0 Å². The minimum atomic E-state index is -0.631. The minimum Gasteiger partial charge on any atom is -0.493 e. The van der Waals surface area contributed by atoms with Crippen LogP contribution in [0.15, 0.2) is 36.5 Å². The van der Waals surface area contributed by atoms with E-state index in [1.54, 1.807) is 18.2 Å². The second-order valence-corrected chi connectivity index (χ2v) is 5.88. The van der Waals surface area contributed by atoms with Gasteiger partial charge >= 0.3 is 0 Å². The van der Waals surface area contributed by atoms with Crippen LogP contribution in [0.25, 0.3) is 0 Å². The molecule has 1 N–H and O–H groups in total. The molecule has 1 unspecified atom stereocenters. The molecular weight excluding hydrogens is 280 g/mol. The molecule has 0 bridgehead atoms. The molecular formula is C17H16N2O3. The van der Waals surface area contributed by atoms with Crippen LogP contribution in [0.5, 0.6) is 11.6 Å². The first-order chi connectivity index (χ1) is 10.5. The molecule has 0 saturated carbocycles. The summed E-state index contributed by atoms with van der Waals surface area (Å²) in [5, 5.41) is 18.5. The number of hydrogen-bond acceptors (Lipinski definition) is 5. The second kappa shape index (κ2) is 5.32. The van der Waals surface area contributed by atoms with Gasteiger partial charge in [-0.25, -0.2) is 4.98 Å². The molecule has 0 radical (unpaired) electrons. The van der Waals surface area contributed by atoms with Crippen LogP contribution in [0.1, 0.15) is 36.8 Å². The van der Waals surface area contributed by atoms with Crippen molar-refractivity contribution in [3.63, 3.8) is 0 Å². The zero-order valence-corrected chi connectivity index (χ0v) is 12.4. The molecule has 3 rings (SSSR count). The number of nitrogens with zero attached hydrogens (tertiary/aromatic N) is 2. The molecule has 0 aliphatic carbocycles. The van der Waals surface area contributed by atoms with Crippen LogP contribution in [-0.2, 0) is 11.2 Å². The highest BCUT2D eigenvalue weighted by Crippen LogP contribution is 2.37. The van der Waals surface area contributed by atoms with E-state index in [-0.39, 0.29) is 11.5 Å². The second-order valence-electron chi connectivity index (χ2n) is 5.88. The number of aromatic nitrogens is 1. The molecule has 22 heavy (non-hydrogen) atoms. The van der Waals surface area contributed by atoms with Gasteiger partial charge in [0.25, 0.3) is 0 Å². The fourth-order valence-corrected chi connectivity index (χ4v) is 2.58. The van der Waals surface area contributed by atoms with Gasteiger partial charge in [0.1, 0.15) is 5.75 Å². The Bertz CT molecular complexity index is 750. The molecule has 0 fully saturated rings. The SMILES string of the molecule is CC1(C)Cc2ccc(C#N)cc2C(Oc2ccnc(O)c2)O1. The lowest BCUT2D eigenvalue weighted by Crippen LogP contribution is -2.36. The van der Waals surface area contributed by atoms with Gasteiger partial charge in [0.05, 0.1) is 17.2 Å². The third-order valence-electron chi connectivity index (χ3n) is 3.53. The smallest absolute Gasteiger partial charge is 0.227 e. The highest BCUT2D eigenvalue weighted by molar-refractivity contribution is 5.41. The summed E-state index contributed by atoms with van der Waals surface area (Å²) < 4.78 is 11.9. The monoisotopic (exact) mass is 296 g/mol. The molecule has 0 amide bonds. The molecule has 1 atom stereocenters. The van der Waals surface area contributed by atoms with E-state index in [2.05, 4.69) is 11.1 Å². The highest BCUT2D eigenvalue weighted by Gasteiger charge is 2.34. The van der Waals surface area contributed by atoms with Crippen LogP contribution in [-0.4, -0.2) is 15.7 Å². The molecule has 0 spiro atoms. The molecule has 5 heteroatoms. The summed E-state index contributed by atoms with van der Waals surface area (Å²) >= 11 is 0. The molecule has 2 aromatic rings. The van der Waals surface area contributed by atoms with E-state index in [4.69, 9.17) is 14.7 Å². The Kier molecular flexibility index (Phi) is 3.47. The molecule has 1 aliphatic rings. The van der Waals surface area contributed by atoms with Crippen molar-refractivity contribution in [2.24, 2.45) is 0 Å². The van der Waals surface area contributed by atoms with Crippen molar-refractivity contribution >= 4 is 0 Å². The minimum absolute atomic E-state index is 0.112. The van der Waals surface area contributed by atoms with Crippen LogP contribution >= 0.6 is 0 Å². The maximum Gasteiger partial charge on any atom is 0.227 e. The number of aromatic hydroxyl groups is 1. The van der Waals surface area contributed by atoms with Gasteiger partial charge in [0.15, 0.2) is 0 Å².